The third-order valence-corrected chi connectivity index (χ3v) is 8.62. The van der Waals surface area contributed by atoms with Crippen LogP contribution in [0, 0.1) is 0 Å². The molecule has 0 saturated carbocycles. The van der Waals surface area contributed by atoms with Gasteiger partial charge in [-0.15, -0.1) is 11.8 Å². The Balaban J connectivity index is 1.17. The van der Waals surface area contributed by atoms with Crippen LogP contribution >= 0.6 is 11.8 Å². The molecule has 242 valence electrons. The van der Waals surface area contributed by atoms with Crippen LogP contribution in [0.3, 0.4) is 0 Å². The molecule has 6 rings (SSSR count). The number of nitrogens with zero attached hydrogens (tertiary/aromatic N) is 1. The van der Waals surface area contributed by atoms with Crippen LogP contribution in [-0.2, 0) is 9.59 Å². The molecule has 8 heteroatoms. The van der Waals surface area contributed by atoms with Crippen LogP contribution in [0.15, 0.2) is 173 Å². The summed E-state index contributed by atoms with van der Waals surface area (Å²) in [6.07, 6.45) is 1.51. The van der Waals surface area contributed by atoms with Crippen molar-refractivity contribution in [3.8, 4) is 11.3 Å². The Kier molecular flexibility index (Phi) is 10.5. The fourth-order valence-electron chi connectivity index (χ4n) is 5.08. The SMILES string of the molecule is CC(Sc1ccc(NC(=O)C(=Cc2ccc(-c3ccccc3)o2)NC(=O)c2ccccc2)cc1)C(=O)N(c1ccccc1)c1ccccc1. The molecular weight excluding hydrogens is 631 g/mol. The number of carbonyl (C=O) groups is 3. The number of thioether (sulfide) groups is 1. The first-order valence-corrected chi connectivity index (χ1v) is 16.6. The van der Waals surface area contributed by atoms with Crippen molar-refractivity contribution in [2.45, 2.75) is 17.1 Å². The minimum atomic E-state index is -0.521. The van der Waals surface area contributed by atoms with E-state index in [1.807, 2.05) is 122 Å². The first kappa shape index (κ1) is 32.8. The number of para-hydroxylation sites is 2. The number of nitrogens with one attached hydrogen (secondary N) is 2. The van der Waals surface area contributed by atoms with Gasteiger partial charge >= 0.3 is 0 Å². The highest BCUT2D eigenvalue weighted by atomic mass is 32.2. The molecule has 0 aliphatic carbocycles. The van der Waals surface area contributed by atoms with E-state index in [1.54, 1.807) is 47.4 Å². The molecule has 0 spiro atoms. The summed E-state index contributed by atoms with van der Waals surface area (Å²) in [7, 11) is 0. The summed E-state index contributed by atoms with van der Waals surface area (Å²) in [5.74, 6) is 0.0341. The Morgan fingerprint density at radius 3 is 1.82 bits per heavy atom. The zero-order chi connectivity index (χ0) is 34.0. The summed E-state index contributed by atoms with van der Waals surface area (Å²) in [4.78, 5) is 43.0. The predicted molar refractivity (Wildman–Crippen MR) is 196 cm³/mol. The van der Waals surface area contributed by atoms with Crippen LogP contribution in [0.5, 0.6) is 0 Å². The fourth-order valence-corrected chi connectivity index (χ4v) is 5.99. The highest BCUT2D eigenvalue weighted by Crippen LogP contribution is 2.32. The number of carbonyl (C=O) groups excluding carboxylic acids is 3. The summed E-state index contributed by atoms with van der Waals surface area (Å²) in [5, 5.41) is 5.21. The molecule has 0 aliphatic heterocycles. The molecule has 6 aromatic rings. The summed E-state index contributed by atoms with van der Waals surface area (Å²) < 4.78 is 5.99. The number of anilines is 3. The average Bonchev–Trinajstić information content (AvgIpc) is 3.62. The number of amides is 3. The largest absolute Gasteiger partial charge is 0.457 e. The van der Waals surface area contributed by atoms with Gasteiger partial charge in [0.25, 0.3) is 11.8 Å². The van der Waals surface area contributed by atoms with E-state index in [4.69, 9.17) is 4.42 Å². The lowest BCUT2D eigenvalue weighted by molar-refractivity contribution is -0.117. The second-order valence-corrected chi connectivity index (χ2v) is 12.4. The summed E-state index contributed by atoms with van der Waals surface area (Å²) in [6.45, 7) is 1.88. The molecule has 1 atom stereocenters. The van der Waals surface area contributed by atoms with Crippen molar-refractivity contribution >= 4 is 52.6 Å². The van der Waals surface area contributed by atoms with E-state index >= 15 is 0 Å². The molecule has 1 unspecified atom stereocenters. The van der Waals surface area contributed by atoms with Gasteiger partial charge in [0, 0.05) is 39.2 Å². The first-order chi connectivity index (χ1) is 23.9. The molecule has 0 saturated heterocycles. The van der Waals surface area contributed by atoms with E-state index in [0.717, 1.165) is 21.8 Å². The van der Waals surface area contributed by atoms with Crippen LogP contribution in [0.25, 0.3) is 17.4 Å². The summed E-state index contributed by atoms with van der Waals surface area (Å²) in [6, 6.07) is 48.2. The van der Waals surface area contributed by atoms with Gasteiger partial charge in [0.05, 0.1) is 5.25 Å². The Morgan fingerprint density at radius 1 is 0.673 bits per heavy atom. The van der Waals surface area contributed by atoms with Crippen molar-refractivity contribution in [2.24, 2.45) is 0 Å². The molecule has 7 nitrogen and oxygen atoms in total. The molecule has 49 heavy (non-hydrogen) atoms. The Labute approximate surface area is 289 Å². The van der Waals surface area contributed by atoms with Gasteiger partial charge in [0.2, 0.25) is 5.91 Å². The monoisotopic (exact) mass is 663 g/mol. The highest BCUT2D eigenvalue weighted by molar-refractivity contribution is 8.00. The lowest BCUT2D eigenvalue weighted by atomic mass is 10.2. The zero-order valence-corrected chi connectivity index (χ0v) is 27.5. The summed E-state index contributed by atoms with van der Waals surface area (Å²) in [5.41, 5.74) is 3.42. The lowest BCUT2D eigenvalue weighted by Gasteiger charge is -2.26. The number of furan rings is 1. The van der Waals surface area contributed by atoms with E-state index < -0.39 is 17.1 Å². The molecule has 5 aromatic carbocycles. The standard InChI is InChI=1S/C41H33N3O4S/c1-29(41(47)44(33-18-10-4-11-19-33)34-20-12-5-13-21-34)49-36-25-22-32(23-26-36)42-40(46)37(43-39(45)31-16-8-3-9-17-31)28-35-24-27-38(48-35)30-14-6-2-7-15-30/h2-29H,1H3,(H,42,46)(H,43,45). The minimum absolute atomic E-state index is 0.0161. The van der Waals surface area contributed by atoms with E-state index in [-0.39, 0.29) is 11.6 Å². The van der Waals surface area contributed by atoms with Crippen LogP contribution in [0.4, 0.5) is 17.1 Å². The smallest absolute Gasteiger partial charge is 0.272 e. The number of benzene rings is 5. The highest BCUT2D eigenvalue weighted by Gasteiger charge is 2.24. The fraction of sp³-hybridized carbons (Fsp3) is 0.0488. The first-order valence-electron chi connectivity index (χ1n) is 15.7. The number of hydrogen-bond acceptors (Lipinski definition) is 5. The topological polar surface area (TPSA) is 91.6 Å². The van der Waals surface area contributed by atoms with Crippen molar-refractivity contribution in [1.82, 2.24) is 5.32 Å². The van der Waals surface area contributed by atoms with Crippen molar-refractivity contribution in [3.05, 3.63) is 175 Å². The molecule has 2 N–H and O–H groups in total. The van der Waals surface area contributed by atoms with Gasteiger partial charge < -0.3 is 15.1 Å². The van der Waals surface area contributed by atoms with Gasteiger partial charge in [-0.2, -0.15) is 0 Å². The second kappa shape index (κ2) is 15.6. The van der Waals surface area contributed by atoms with E-state index in [9.17, 15) is 14.4 Å². The van der Waals surface area contributed by atoms with Crippen molar-refractivity contribution in [1.29, 1.82) is 0 Å². The summed E-state index contributed by atoms with van der Waals surface area (Å²) >= 11 is 1.43. The van der Waals surface area contributed by atoms with E-state index in [2.05, 4.69) is 10.6 Å². The van der Waals surface area contributed by atoms with Gasteiger partial charge in [-0.1, -0.05) is 84.9 Å². The third kappa shape index (κ3) is 8.43. The van der Waals surface area contributed by atoms with Crippen LogP contribution in [0.1, 0.15) is 23.0 Å². The third-order valence-electron chi connectivity index (χ3n) is 7.52. The Morgan fingerprint density at radius 2 is 1.22 bits per heavy atom. The van der Waals surface area contributed by atoms with E-state index in [0.29, 0.717) is 22.8 Å². The zero-order valence-electron chi connectivity index (χ0n) is 26.7. The van der Waals surface area contributed by atoms with Crippen molar-refractivity contribution in [2.75, 3.05) is 10.2 Å². The maximum Gasteiger partial charge on any atom is 0.272 e. The molecule has 3 amide bonds. The van der Waals surface area contributed by atoms with Crippen molar-refractivity contribution in [3.63, 3.8) is 0 Å². The van der Waals surface area contributed by atoms with Crippen LogP contribution in [-0.4, -0.2) is 23.0 Å². The van der Waals surface area contributed by atoms with Gasteiger partial charge in [0.1, 0.15) is 17.2 Å². The number of rotatable bonds is 11. The van der Waals surface area contributed by atoms with E-state index in [1.165, 1.54) is 17.8 Å². The average molecular weight is 664 g/mol. The van der Waals surface area contributed by atoms with Gasteiger partial charge in [-0.3, -0.25) is 19.3 Å². The Bertz CT molecular complexity index is 2010. The maximum atomic E-state index is 13.8. The molecule has 0 fully saturated rings. The molecule has 1 aromatic heterocycles. The molecular formula is C41H33N3O4S. The van der Waals surface area contributed by atoms with Gasteiger partial charge in [-0.25, -0.2) is 0 Å². The van der Waals surface area contributed by atoms with Crippen molar-refractivity contribution < 1.29 is 18.8 Å². The van der Waals surface area contributed by atoms with Crippen LogP contribution < -0.4 is 15.5 Å². The molecule has 0 aliphatic rings. The van der Waals surface area contributed by atoms with Gasteiger partial charge in [0.15, 0.2) is 0 Å². The molecule has 1 heterocycles. The van der Waals surface area contributed by atoms with Gasteiger partial charge in [-0.05, 0) is 79.7 Å². The second-order valence-electron chi connectivity index (χ2n) is 11.0. The molecule has 0 bridgehead atoms. The number of hydrogen-bond donors (Lipinski definition) is 2. The Hall–Kier alpha value is -6.12. The minimum Gasteiger partial charge on any atom is -0.457 e. The lowest BCUT2D eigenvalue weighted by Crippen LogP contribution is -2.32. The quantitative estimate of drug-likeness (QED) is 0.107. The predicted octanol–water partition coefficient (Wildman–Crippen LogP) is 9.20. The normalized spacial score (nSPS) is 11.7. The van der Waals surface area contributed by atoms with Crippen LogP contribution in [0.2, 0.25) is 0 Å². The maximum absolute atomic E-state index is 13.8. The molecule has 0 radical (unpaired) electrons.